The molecule has 8 heteroatoms. The van der Waals surface area contributed by atoms with E-state index in [1.54, 1.807) is 15.4 Å². The predicted octanol–water partition coefficient (Wildman–Crippen LogP) is 1.11. The number of carbonyl (C=O) groups is 1. The molecule has 0 aliphatic carbocycles. The Balaban J connectivity index is 1.30. The van der Waals surface area contributed by atoms with Gasteiger partial charge < -0.3 is 10.2 Å². The monoisotopic (exact) mass is 339 g/mol. The van der Waals surface area contributed by atoms with E-state index in [1.165, 1.54) is 0 Å². The third-order valence-corrected chi connectivity index (χ3v) is 4.53. The van der Waals surface area contributed by atoms with E-state index in [4.69, 9.17) is 0 Å². The second-order valence-corrected chi connectivity index (χ2v) is 6.44. The molecule has 1 aliphatic rings. The molecule has 1 fully saturated rings. The number of carbonyl (C=O) groups excluding carboxylic acids is 1. The maximum absolute atomic E-state index is 12.4. The molecule has 0 aromatic carbocycles. The molecule has 3 aromatic rings. The van der Waals surface area contributed by atoms with Crippen molar-refractivity contribution in [3.63, 3.8) is 0 Å². The lowest BCUT2D eigenvalue weighted by molar-refractivity contribution is -0.130. The molecule has 0 bridgehead atoms. The summed E-state index contributed by atoms with van der Waals surface area (Å²) in [7, 11) is 1.89. The van der Waals surface area contributed by atoms with E-state index in [0.717, 1.165) is 43.0 Å². The fourth-order valence-corrected chi connectivity index (χ4v) is 3.22. The second-order valence-electron chi connectivity index (χ2n) is 6.44. The van der Waals surface area contributed by atoms with E-state index < -0.39 is 0 Å². The topological polar surface area (TPSA) is 80.4 Å². The lowest BCUT2D eigenvalue weighted by Gasteiger charge is -2.17. The van der Waals surface area contributed by atoms with E-state index >= 15 is 0 Å². The zero-order valence-corrected chi connectivity index (χ0v) is 14.2. The number of hydrogen-bond acceptors (Lipinski definition) is 5. The van der Waals surface area contributed by atoms with Crippen LogP contribution in [0, 0.1) is 0 Å². The molecular weight excluding hydrogens is 318 g/mol. The molecule has 130 valence electrons. The quantitative estimate of drug-likeness (QED) is 0.753. The van der Waals surface area contributed by atoms with Gasteiger partial charge in [-0.2, -0.15) is 5.10 Å². The third kappa shape index (κ3) is 3.47. The van der Waals surface area contributed by atoms with Gasteiger partial charge in [-0.3, -0.25) is 9.48 Å². The van der Waals surface area contributed by atoms with Crippen molar-refractivity contribution in [2.24, 2.45) is 7.05 Å². The molecule has 1 saturated heterocycles. The molecule has 4 rings (SSSR count). The zero-order chi connectivity index (χ0) is 17.2. The van der Waals surface area contributed by atoms with Crippen LogP contribution in [0.5, 0.6) is 0 Å². The minimum atomic E-state index is 0.200. The van der Waals surface area contributed by atoms with Crippen LogP contribution in [-0.2, 0) is 18.3 Å². The summed E-state index contributed by atoms with van der Waals surface area (Å²) >= 11 is 0. The standard InChI is InChI=1S/C17H21N7O/c1-22-11-13(10-19-22)2-5-17(25)23-8-6-14(12-23)20-15-3-4-16-18-7-9-24(16)21-15/h3-4,7,9-11,14H,2,5-6,8,12H2,1H3,(H,20,21). The molecule has 1 aliphatic heterocycles. The average Bonchev–Trinajstić information content (AvgIpc) is 3.33. The van der Waals surface area contributed by atoms with Crippen molar-refractivity contribution in [3.8, 4) is 0 Å². The SMILES string of the molecule is Cn1cc(CCC(=O)N2CCC(Nc3ccc4nccn4n3)C2)cn1. The first kappa shape index (κ1) is 15.6. The summed E-state index contributed by atoms with van der Waals surface area (Å²) in [6.45, 7) is 1.51. The zero-order valence-electron chi connectivity index (χ0n) is 14.2. The first-order valence-electron chi connectivity index (χ1n) is 8.49. The number of imidazole rings is 1. The number of aromatic nitrogens is 5. The van der Waals surface area contributed by atoms with Gasteiger partial charge in [0, 0.05) is 51.2 Å². The van der Waals surface area contributed by atoms with Crippen LogP contribution < -0.4 is 5.32 Å². The van der Waals surface area contributed by atoms with Crippen molar-refractivity contribution >= 4 is 17.4 Å². The maximum atomic E-state index is 12.4. The van der Waals surface area contributed by atoms with E-state index in [9.17, 15) is 4.79 Å². The Labute approximate surface area is 145 Å². The number of anilines is 1. The van der Waals surface area contributed by atoms with Gasteiger partial charge in [0.15, 0.2) is 5.65 Å². The Bertz CT molecular complexity index is 884. The predicted molar refractivity (Wildman–Crippen MR) is 93.1 cm³/mol. The van der Waals surface area contributed by atoms with Crippen molar-refractivity contribution in [2.75, 3.05) is 18.4 Å². The van der Waals surface area contributed by atoms with E-state index in [-0.39, 0.29) is 11.9 Å². The van der Waals surface area contributed by atoms with Gasteiger partial charge in [0.05, 0.1) is 6.20 Å². The van der Waals surface area contributed by atoms with Crippen LogP contribution in [0.4, 0.5) is 5.82 Å². The highest BCUT2D eigenvalue weighted by molar-refractivity contribution is 5.76. The van der Waals surface area contributed by atoms with Gasteiger partial charge in [-0.1, -0.05) is 0 Å². The number of hydrogen-bond donors (Lipinski definition) is 1. The van der Waals surface area contributed by atoms with Crippen LogP contribution in [-0.4, -0.2) is 54.3 Å². The fraction of sp³-hybridized carbons (Fsp3) is 0.412. The Morgan fingerprint density at radius 1 is 1.40 bits per heavy atom. The van der Waals surface area contributed by atoms with Gasteiger partial charge >= 0.3 is 0 Å². The molecule has 3 aromatic heterocycles. The number of aryl methyl sites for hydroxylation is 2. The van der Waals surface area contributed by atoms with E-state index in [1.807, 2.05) is 42.7 Å². The Morgan fingerprint density at radius 2 is 2.32 bits per heavy atom. The molecule has 25 heavy (non-hydrogen) atoms. The Morgan fingerprint density at radius 3 is 3.16 bits per heavy atom. The Kier molecular flexibility index (Phi) is 4.09. The van der Waals surface area contributed by atoms with Crippen LogP contribution >= 0.6 is 0 Å². The summed E-state index contributed by atoms with van der Waals surface area (Å²) < 4.78 is 3.51. The van der Waals surface area contributed by atoms with Crippen molar-refractivity contribution in [1.29, 1.82) is 0 Å². The molecule has 1 atom stereocenters. The first-order chi connectivity index (χ1) is 12.2. The van der Waals surface area contributed by atoms with Crippen molar-refractivity contribution in [2.45, 2.75) is 25.3 Å². The van der Waals surface area contributed by atoms with Crippen molar-refractivity contribution in [3.05, 3.63) is 42.5 Å². The van der Waals surface area contributed by atoms with E-state index in [0.29, 0.717) is 6.42 Å². The molecule has 0 radical (unpaired) electrons. The number of nitrogens with one attached hydrogen (secondary N) is 1. The number of likely N-dealkylation sites (tertiary alicyclic amines) is 1. The molecule has 8 nitrogen and oxygen atoms in total. The minimum absolute atomic E-state index is 0.200. The third-order valence-electron chi connectivity index (χ3n) is 4.53. The number of rotatable bonds is 5. The highest BCUT2D eigenvalue weighted by Gasteiger charge is 2.26. The summed E-state index contributed by atoms with van der Waals surface area (Å²) in [5, 5.41) is 12.0. The van der Waals surface area contributed by atoms with Crippen molar-refractivity contribution in [1.82, 2.24) is 29.3 Å². The van der Waals surface area contributed by atoms with E-state index in [2.05, 4.69) is 20.5 Å². The summed E-state index contributed by atoms with van der Waals surface area (Å²) in [6.07, 6.45) is 9.52. The summed E-state index contributed by atoms with van der Waals surface area (Å²) in [5.41, 5.74) is 1.92. The van der Waals surface area contributed by atoms with Gasteiger partial charge in [-0.15, -0.1) is 5.10 Å². The van der Waals surface area contributed by atoms with Crippen molar-refractivity contribution < 1.29 is 4.79 Å². The number of fused-ring (bicyclic) bond motifs is 1. The minimum Gasteiger partial charge on any atom is -0.364 e. The maximum Gasteiger partial charge on any atom is 0.222 e. The Hall–Kier alpha value is -2.90. The van der Waals surface area contributed by atoms with Crippen LogP contribution in [0.1, 0.15) is 18.4 Å². The summed E-state index contributed by atoms with van der Waals surface area (Å²) in [4.78, 5) is 18.5. The van der Waals surface area contributed by atoms with Gasteiger partial charge in [0.25, 0.3) is 0 Å². The van der Waals surface area contributed by atoms with Gasteiger partial charge in [0.2, 0.25) is 5.91 Å². The molecule has 1 unspecified atom stereocenters. The smallest absolute Gasteiger partial charge is 0.222 e. The van der Waals surface area contributed by atoms with Crippen LogP contribution in [0.2, 0.25) is 0 Å². The number of amides is 1. The van der Waals surface area contributed by atoms with Gasteiger partial charge in [-0.25, -0.2) is 9.50 Å². The summed E-state index contributed by atoms with van der Waals surface area (Å²) in [5.74, 6) is 1.01. The average molecular weight is 339 g/mol. The molecule has 1 amide bonds. The van der Waals surface area contributed by atoms with Crippen LogP contribution in [0.3, 0.4) is 0 Å². The molecule has 1 N–H and O–H groups in total. The van der Waals surface area contributed by atoms with Crippen LogP contribution in [0.15, 0.2) is 36.9 Å². The highest BCUT2D eigenvalue weighted by atomic mass is 16.2. The molecular formula is C17H21N7O. The summed E-state index contributed by atoms with van der Waals surface area (Å²) in [6, 6.07) is 4.09. The molecule has 0 saturated carbocycles. The largest absolute Gasteiger partial charge is 0.364 e. The van der Waals surface area contributed by atoms with Gasteiger partial charge in [0.1, 0.15) is 5.82 Å². The molecule has 4 heterocycles. The normalized spacial score (nSPS) is 17.3. The first-order valence-corrected chi connectivity index (χ1v) is 8.49. The molecule has 0 spiro atoms. The van der Waals surface area contributed by atoms with Gasteiger partial charge in [-0.05, 0) is 30.5 Å². The van der Waals surface area contributed by atoms with Crippen LogP contribution in [0.25, 0.3) is 5.65 Å². The fourth-order valence-electron chi connectivity index (χ4n) is 3.22. The highest BCUT2D eigenvalue weighted by Crippen LogP contribution is 2.16. The lowest BCUT2D eigenvalue weighted by Crippen LogP contribution is -2.31. The second kappa shape index (κ2) is 6.54. The number of nitrogens with zero attached hydrogens (tertiary/aromatic N) is 6. The lowest BCUT2D eigenvalue weighted by atomic mass is 10.2.